The van der Waals surface area contributed by atoms with Gasteiger partial charge in [0.25, 0.3) is 0 Å². The minimum Gasteiger partial charge on any atom is -0.422 e. The molecule has 0 radical (unpaired) electrons. The van der Waals surface area contributed by atoms with Gasteiger partial charge in [-0.2, -0.15) is 5.26 Å². The van der Waals surface area contributed by atoms with E-state index in [1.54, 1.807) is 23.7 Å². The van der Waals surface area contributed by atoms with Gasteiger partial charge in [-0.1, -0.05) is 34.1 Å². The van der Waals surface area contributed by atoms with Crippen molar-refractivity contribution >= 4 is 49.5 Å². The molecule has 0 amide bonds. The lowest BCUT2D eigenvalue weighted by Gasteiger charge is -2.04. The van der Waals surface area contributed by atoms with Crippen molar-refractivity contribution in [1.29, 1.82) is 5.26 Å². The van der Waals surface area contributed by atoms with Crippen LogP contribution in [0, 0.1) is 18.3 Å². The van der Waals surface area contributed by atoms with Crippen molar-refractivity contribution in [3.05, 3.63) is 85.6 Å². The Labute approximate surface area is 179 Å². The van der Waals surface area contributed by atoms with E-state index in [0.29, 0.717) is 27.4 Å². The van der Waals surface area contributed by atoms with E-state index in [9.17, 15) is 10.1 Å². The van der Waals surface area contributed by atoms with Crippen LogP contribution >= 0.6 is 27.3 Å². The molecule has 142 valence electrons. The molecular formula is C22H14BrN3O2S. The number of halogens is 1. The number of thiazole rings is 1. The number of aromatic nitrogens is 1. The van der Waals surface area contributed by atoms with Crippen LogP contribution in [0.4, 0.5) is 5.69 Å². The summed E-state index contributed by atoms with van der Waals surface area (Å²) in [6.07, 6.45) is 1.63. The fraction of sp³-hybridized carbons (Fsp3) is 0.0455. The molecule has 0 aliphatic heterocycles. The molecule has 0 bridgehead atoms. The molecule has 2 aromatic heterocycles. The topological polar surface area (TPSA) is 78.9 Å². The van der Waals surface area contributed by atoms with Crippen molar-refractivity contribution in [2.75, 3.05) is 5.32 Å². The molecule has 0 aliphatic carbocycles. The van der Waals surface area contributed by atoms with Crippen LogP contribution in [0.5, 0.6) is 0 Å². The van der Waals surface area contributed by atoms with Crippen LogP contribution in [0.1, 0.15) is 10.6 Å². The first-order chi connectivity index (χ1) is 14.0. The summed E-state index contributed by atoms with van der Waals surface area (Å²) in [4.78, 5) is 16.9. The lowest BCUT2D eigenvalue weighted by molar-refractivity contribution is 0.563. The van der Waals surface area contributed by atoms with E-state index in [1.807, 2.05) is 43.3 Å². The average Bonchev–Trinajstić information content (AvgIpc) is 3.19. The number of allylic oxidation sites excluding steroid dienone is 1. The van der Waals surface area contributed by atoms with Gasteiger partial charge in [-0.25, -0.2) is 9.78 Å². The quantitative estimate of drug-likeness (QED) is 0.298. The Kier molecular flexibility index (Phi) is 5.30. The van der Waals surface area contributed by atoms with Gasteiger partial charge in [0.2, 0.25) is 0 Å². The molecular weight excluding hydrogens is 450 g/mol. The maximum atomic E-state index is 12.4. The van der Waals surface area contributed by atoms with Crippen LogP contribution < -0.4 is 10.9 Å². The minimum absolute atomic E-state index is 0.363. The van der Waals surface area contributed by atoms with Crippen molar-refractivity contribution in [2.45, 2.75) is 6.92 Å². The van der Waals surface area contributed by atoms with Gasteiger partial charge in [0, 0.05) is 27.1 Å². The number of para-hydroxylation sites is 1. The van der Waals surface area contributed by atoms with E-state index in [0.717, 1.165) is 21.1 Å². The van der Waals surface area contributed by atoms with E-state index in [1.165, 1.54) is 11.3 Å². The smallest absolute Gasteiger partial charge is 0.345 e. The van der Waals surface area contributed by atoms with Crippen LogP contribution in [0.3, 0.4) is 0 Å². The number of hydrogen-bond acceptors (Lipinski definition) is 6. The summed E-state index contributed by atoms with van der Waals surface area (Å²) in [6, 6.07) is 17.2. The summed E-state index contributed by atoms with van der Waals surface area (Å²) in [7, 11) is 0. The predicted octanol–water partition coefficient (Wildman–Crippen LogP) is 5.96. The standard InChI is InChI=1S/C22H14BrN3O2S/c1-13-4-2-3-5-18(13)25-11-15(10-24)21-26-19(12-29-21)17-9-14-8-16(23)6-7-20(14)28-22(17)27/h2-9,11-12,25H,1H3. The van der Waals surface area contributed by atoms with Crippen LogP contribution in [-0.4, -0.2) is 4.98 Å². The Balaban J connectivity index is 1.69. The maximum Gasteiger partial charge on any atom is 0.345 e. The number of benzene rings is 2. The first-order valence-corrected chi connectivity index (χ1v) is 10.3. The Hall–Kier alpha value is -3.21. The molecule has 2 heterocycles. The molecule has 0 saturated heterocycles. The van der Waals surface area contributed by atoms with Gasteiger partial charge >= 0.3 is 5.63 Å². The zero-order valence-electron chi connectivity index (χ0n) is 15.3. The molecule has 0 aliphatic rings. The molecule has 4 aromatic rings. The molecule has 0 unspecified atom stereocenters. The highest BCUT2D eigenvalue weighted by atomic mass is 79.9. The largest absolute Gasteiger partial charge is 0.422 e. The predicted molar refractivity (Wildman–Crippen MR) is 120 cm³/mol. The molecule has 0 saturated carbocycles. The summed E-state index contributed by atoms with van der Waals surface area (Å²) in [6.45, 7) is 1.99. The number of fused-ring (bicyclic) bond motifs is 1. The summed E-state index contributed by atoms with van der Waals surface area (Å²) in [5, 5.41) is 15.8. The number of rotatable bonds is 4. The number of anilines is 1. The Morgan fingerprint density at radius 3 is 2.90 bits per heavy atom. The zero-order chi connectivity index (χ0) is 20.4. The van der Waals surface area contributed by atoms with Crippen LogP contribution in [0.2, 0.25) is 0 Å². The average molecular weight is 464 g/mol. The van der Waals surface area contributed by atoms with Crippen molar-refractivity contribution in [1.82, 2.24) is 4.98 Å². The van der Waals surface area contributed by atoms with Gasteiger partial charge < -0.3 is 9.73 Å². The Bertz CT molecular complexity index is 1350. The fourth-order valence-electron chi connectivity index (χ4n) is 2.82. The second-order valence-corrected chi connectivity index (χ2v) is 8.07. The van der Waals surface area contributed by atoms with Crippen LogP contribution in [0.25, 0.3) is 27.8 Å². The number of aryl methyl sites for hydroxylation is 1. The molecule has 7 heteroatoms. The number of nitrogens with zero attached hydrogens (tertiary/aromatic N) is 2. The maximum absolute atomic E-state index is 12.4. The van der Waals surface area contributed by atoms with Gasteiger partial charge in [-0.15, -0.1) is 11.3 Å². The van der Waals surface area contributed by atoms with Gasteiger partial charge in [0.15, 0.2) is 0 Å². The van der Waals surface area contributed by atoms with Crippen LogP contribution in [-0.2, 0) is 0 Å². The normalized spacial score (nSPS) is 11.4. The van der Waals surface area contributed by atoms with Gasteiger partial charge in [-0.3, -0.25) is 0 Å². The third kappa shape index (κ3) is 3.99. The lowest BCUT2D eigenvalue weighted by Crippen LogP contribution is -2.03. The van der Waals surface area contributed by atoms with E-state index < -0.39 is 5.63 Å². The molecule has 2 aromatic carbocycles. The molecule has 0 fully saturated rings. The van der Waals surface area contributed by atoms with Crippen molar-refractivity contribution in [2.24, 2.45) is 0 Å². The van der Waals surface area contributed by atoms with Gasteiger partial charge in [0.05, 0.1) is 11.3 Å². The molecule has 5 nitrogen and oxygen atoms in total. The van der Waals surface area contributed by atoms with Crippen LogP contribution in [0.15, 0.2) is 73.8 Å². The van der Waals surface area contributed by atoms with E-state index in [4.69, 9.17) is 4.42 Å². The second kappa shape index (κ2) is 8.03. The first-order valence-electron chi connectivity index (χ1n) is 8.67. The summed E-state index contributed by atoms with van der Waals surface area (Å²) < 4.78 is 6.30. The summed E-state index contributed by atoms with van der Waals surface area (Å²) in [5.41, 5.74) is 3.27. The number of hydrogen-bond donors (Lipinski definition) is 1. The monoisotopic (exact) mass is 463 g/mol. The van der Waals surface area contributed by atoms with Crippen molar-refractivity contribution in [3.8, 4) is 17.3 Å². The highest BCUT2D eigenvalue weighted by Gasteiger charge is 2.14. The lowest BCUT2D eigenvalue weighted by atomic mass is 10.1. The second-order valence-electron chi connectivity index (χ2n) is 6.30. The fourth-order valence-corrected chi connectivity index (χ4v) is 3.98. The summed E-state index contributed by atoms with van der Waals surface area (Å²) in [5.74, 6) is 0. The van der Waals surface area contributed by atoms with E-state index in [-0.39, 0.29) is 0 Å². The third-order valence-electron chi connectivity index (χ3n) is 4.34. The molecule has 29 heavy (non-hydrogen) atoms. The SMILES string of the molecule is Cc1ccccc1NC=C(C#N)c1nc(-c2cc3cc(Br)ccc3oc2=O)cs1. The number of nitriles is 1. The highest BCUT2D eigenvalue weighted by molar-refractivity contribution is 9.10. The van der Waals surface area contributed by atoms with Gasteiger partial charge in [-0.05, 0) is 42.8 Å². The number of nitrogens with one attached hydrogen (secondary N) is 1. The minimum atomic E-state index is -0.461. The van der Waals surface area contributed by atoms with Crippen molar-refractivity contribution in [3.63, 3.8) is 0 Å². The Morgan fingerprint density at radius 1 is 1.28 bits per heavy atom. The summed E-state index contributed by atoms with van der Waals surface area (Å²) >= 11 is 4.72. The molecule has 0 atom stereocenters. The zero-order valence-corrected chi connectivity index (χ0v) is 17.7. The molecule has 0 spiro atoms. The molecule has 1 N–H and O–H groups in total. The van der Waals surface area contributed by atoms with E-state index >= 15 is 0 Å². The Morgan fingerprint density at radius 2 is 2.10 bits per heavy atom. The highest BCUT2D eigenvalue weighted by Crippen LogP contribution is 2.27. The van der Waals surface area contributed by atoms with Gasteiger partial charge in [0.1, 0.15) is 22.2 Å². The molecule has 4 rings (SSSR count). The van der Waals surface area contributed by atoms with E-state index in [2.05, 4.69) is 32.3 Å². The first kappa shape index (κ1) is 19.1. The van der Waals surface area contributed by atoms with Crippen molar-refractivity contribution < 1.29 is 4.42 Å². The third-order valence-corrected chi connectivity index (χ3v) is 5.71.